The van der Waals surface area contributed by atoms with Crippen molar-refractivity contribution < 1.29 is 14.3 Å². The molecule has 2 aliphatic heterocycles. The van der Waals surface area contributed by atoms with Crippen molar-refractivity contribution >= 4 is 29.3 Å². The van der Waals surface area contributed by atoms with Gasteiger partial charge in [0.2, 0.25) is 11.9 Å². The van der Waals surface area contributed by atoms with E-state index in [-0.39, 0.29) is 29.8 Å². The minimum Gasteiger partial charge on any atom is -0.488 e. The number of likely N-dealkylation sites (tertiary alicyclic amines) is 1. The zero-order chi connectivity index (χ0) is 27.9. The molecular weight excluding hydrogens is 508 g/mol. The summed E-state index contributed by atoms with van der Waals surface area (Å²) in [4.78, 5) is 37.4. The lowest BCUT2D eigenvalue weighted by atomic mass is 9.85. The molecule has 4 bridgehead atoms. The predicted octanol–water partition coefficient (Wildman–Crippen LogP) is 2.95. The lowest BCUT2D eigenvalue weighted by Gasteiger charge is -2.32. The van der Waals surface area contributed by atoms with E-state index in [9.17, 15) is 14.9 Å². The van der Waals surface area contributed by atoms with Crippen molar-refractivity contribution in [2.24, 2.45) is 5.92 Å². The first kappa shape index (κ1) is 27.4. The molecule has 0 spiro atoms. The van der Waals surface area contributed by atoms with Crippen LogP contribution in [0.1, 0.15) is 54.4 Å². The van der Waals surface area contributed by atoms with Gasteiger partial charge in [0.1, 0.15) is 29.8 Å². The summed E-state index contributed by atoms with van der Waals surface area (Å²) in [5.41, 5.74) is 1.36. The third kappa shape index (κ3) is 6.87. The molecule has 0 unspecified atom stereocenters. The molecule has 0 atom stereocenters. The number of ether oxygens (including phenoxy) is 1. The number of nitrogens with zero attached hydrogens (tertiary/aromatic N) is 4. The van der Waals surface area contributed by atoms with E-state index in [1.165, 1.54) is 6.20 Å². The Morgan fingerprint density at radius 3 is 2.62 bits per heavy atom. The van der Waals surface area contributed by atoms with Gasteiger partial charge in [-0.2, -0.15) is 10.2 Å². The number of rotatable bonds is 4. The Balaban J connectivity index is 1.23. The van der Waals surface area contributed by atoms with Crippen LogP contribution in [0.5, 0.6) is 5.75 Å². The Morgan fingerprint density at radius 1 is 1.07 bits per heavy atom. The molecule has 0 radical (unpaired) electrons. The van der Waals surface area contributed by atoms with Crippen molar-refractivity contribution in [1.29, 1.82) is 5.26 Å². The highest BCUT2D eigenvalue weighted by molar-refractivity contribution is 5.99. The molecule has 11 nitrogen and oxygen atoms in total. The van der Waals surface area contributed by atoms with E-state index in [2.05, 4.69) is 49.3 Å². The lowest BCUT2D eigenvalue weighted by molar-refractivity contribution is -0.127. The monoisotopic (exact) mass is 544 g/mol. The number of hydrogen-bond acceptors (Lipinski definition) is 9. The number of aromatic nitrogens is 2. The largest absolute Gasteiger partial charge is 0.488 e. The number of benzene rings is 1. The molecule has 4 N–H and O–H groups in total. The third-order valence-corrected chi connectivity index (χ3v) is 7.78. The summed E-state index contributed by atoms with van der Waals surface area (Å²) in [6, 6.07) is 7.51. The molecule has 11 heteroatoms. The lowest BCUT2D eigenvalue weighted by Crippen LogP contribution is -2.47. The summed E-state index contributed by atoms with van der Waals surface area (Å²) >= 11 is 0. The second kappa shape index (κ2) is 12.8. The molecule has 1 aliphatic carbocycles. The Bertz CT molecular complexity index is 1290. The molecule has 210 valence electrons. The van der Waals surface area contributed by atoms with E-state index in [0.29, 0.717) is 47.5 Å². The standard InChI is InChI=1S/C29H36N8O3/c1-37-13-10-22(11-14-37)34-27(38)19-4-7-21(8-5-19)35-28(39)24-18-32-29-31-12-2-3-15-40-25-16-23(33-26(24)36-29)9-6-20(25)17-30/h2-3,6,9,16,18-19,21-22H,4-5,7-8,10-15H2,1H3,(H,34,38)(H,35,39)(H2,31,32,33,36)/b3-2-. The molecule has 3 heterocycles. The van der Waals surface area contributed by atoms with Gasteiger partial charge in [-0.3, -0.25) is 9.59 Å². The van der Waals surface area contributed by atoms with Crippen LogP contribution in [-0.4, -0.2) is 72.1 Å². The van der Waals surface area contributed by atoms with Crippen molar-refractivity contribution in [3.63, 3.8) is 0 Å². The summed E-state index contributed by atoms with van der Waals surface area (Å²) < 4.78 is 5.77. The Morgan fingerprint density at radius 2 is 1.85 bits per heavy atom. The summed E-state index contributed by atoms with van der Waals surface area (Å²) in [6.07, 6.45) is 10.2. The van der Waals surface area contributed by atoms with Crippen LogP contribution in [0.2, 0.25) is 0 Å². The maximum Gasteiger partial charge on any atom is 0.256 e. The van der Waals surface area contributed by atoms with E-state index in [1.807, 2.05) is 12.2 Å². The number of amides is 2. The Kier molecular flexibility index (Phi) is 8.76. The first-order valence-electron chi connectivity index (χ1n) is 14.0. The molecule has 1 saturated carbocycles. The average Bonchev–Trinajstić information content (AvgIpc) is 2.97. The third-order valence-electron chi connectivity index (χ3n) is 7.78. The van der Waals surface area contributed by atoms with Crippen LogP contribution in [-0.2, 0) is 4.79 Å². The second-order valence-electron chi connectivity index (χ2n) is 10.7. The molecule has 1 saturated heterocycles. The highest BCUT2D eigenvalue weighted by atomic mass is 16.5. The molecule has 40 heavy (non-hydrogen) atoms. The van der Waals surface area contributed by atoms with E-state index >= 15 is 0 Å². The molecule has 2 fully saturated rings. The minimum absolute atomic E-state index is 0.0109. The zero-order valence-electron chi connectivity index (χ0n) is 22.8. The maximum absolute atomic E-state index is 13.4. The van der Waals surface area contributed by atoms with Gasteiger partial charge in [-0.25, -0.2) is 4.98 Å². The zero-order valence-corrected chi connectivity index (χ0v) is 22.8. The van der Waals surface area contributed by atoms with Gasteiger partial charge >= 0.3 is 0 Å². The van der Waals surface area contributed by atoms with Crippen molar-refractivity contribution in [2.45, 2.75) is 50.6 Å². The molecule has 2 aromatic rings. The number of carbonyl (C=O) groups excluding carboxylic acids is 2. The van der Waals surface area contributed by atoms with Crippen LogP contribution in [0.25, 0.3) is 0 Å². The van der Waals surface area contributed by atoms with Crippen LogP contribution in [0, 0.1) is 17.2 Å². The molecule has 5 rings (SSSR count). The van der Waals surface area contributed by atoms with Crippen molar-refractivity contribution in [1.82, 2.24) is 25.5 Å². The van der Waals surface area contributed by atoms with Gasteiger partial charge in [0.05, 0.1) is 5.56 Å². The van der Waals surface area contributed by atoms with E-state index in [1.54, 1.807) is 18.2 Å². The van der Waals surface area contributed by atoms with Crippen molar-refractivity contribution in [2.75, 3.05) is 43.9 Å². The minimum atomic E-state index is -0.275. The first-order chi connectivity index (χ1) is 19.5. The molecular formula is C29H36N8O3. The number of nitrogens with one attached hydrogen (secondary N) is 4. The number of fused-ring (bicyclic) bond motifs is 4. The Hall–Kier alpha value is -4.17. The summed E-state index contributed by atoms with van der Waals surface area (Å²) in [5.74, 6) is 1.04. The van der Waals surface area contributed by atoms with Crippen LogP contribution in [0.4, 0.5) is 17.5 Å². The summed E-state index contributed by atoms with van der Waals surface area (Å²) in [7, 11) is 2.11. The normalized spacial score (nSPS) is 22.4. The molecule has 1 aromatic heterocycles. The molecule has 2 amide bonds. The van der Waals surface area contributed by atoms with Crippen molar-refractivity contribution in [3.8, 4) is 11.8 Å². The fraction of sp³-hybridized carbons (Fsp3) is 0.483. The summed E-state index contributed by atoms with van der Waals surface area (Å²) in [6.45, 7) is 2.82. The number of anilines is 3. The van der Waals surface area contributed by atoms with Crippen molar-refractivity contribution in [3.05, 3.63) is 47.7 Å². The van der Waals surface area contributed by atoms with Gasteiger partial charge in [0.25, 0.3) is 5.91 Å². The van der Waals surface area contributed by atoms with E-state index in [4.69, 9.17) is 4.74 Å². The molecule has 3 aliphatic rings. The number of hydrogen-bond donors (Lipinski definition) is 4. The fourth-order valence-corrected chi connectivity index (χ4v) is 5.35. The maximum atomic E-state index is 13.4. The average molecular weight is 545 g/mol. The van der Waals surface area contributed by atoms with Crippen LogP contribution >= 0.6 is 0 Å². The van der Waals surface area contributed by atoms with Gasteiger partial charge in [0.15, 0.2) is 0 Å². The van der Waals surface area contributed by atoms with E-state index in [0.717, 1.165) is 51.6 Å². The highest BCUT2D eigenvalue weighted by Crippen LogP contribution is 2.28. The smallest absolute Gasteiger partial charge is 0.256 e. The summed E-state index contributed by atoms with van der Waals surface area (Å²) in [5, 5.41) is 22.1. The van der Waals surface area contributed by atoms with E-state index < -0.39 is 0 Å². The second-order valence-corrected chi connectivity index (χ2v) is 10.7. The highest BCUT2D eigenvalue weighted by Gasteiger charge is 2.30. The first-order valence-corrected chi connectivity index (χ1v) is 14.0. The van der Waals surface area contributed by atoms with Crippen LogP contribution in [0.3, 0.4) is 0 Å². The predicted molar refractivity (Wildman–Crippen MR) is 151 cm³/mol. The number of nitriles is 1. The number of carbonyl (C=O) groups is 2. The van der Waals surface area contributed by atoms with Gasteiger partial charge in [-0.1, -0.05) is 6.08 Å². The SMILES string of the molecule is CN1CCC(NC(=O)C2CCC(NC(=O)c3cnc4nc3Nc3ccc(C#N)c(c3)OC/C=C\CN4)CC2)CC1. The van der Waals surface area contributed by atoms with Crippen LogP contribution in [0.15, 0.2) is 36.5 Å². The fourth-order valence-electron chi connectivity index (χ4n) is 5.35. The topological polar surface area (TPSA) is 144 Å². The molecule has 1 aromatic carbocycles. The van der Waals surface area contributed by atoms with Crippen LogP contribution < -0.4 is 26.0 Å². The quantitative estimate of drug-likeness (QED) is 0.427. The van der Waals surface area contributed by atoms with Gasteiger partial charge in [0, 0.05) is 42.5 Å². The Labute approximate surface area is 234 Å². The van der Waals surface area contributed by atoms with Gasteiger partial charge in [-0.15, -0.1) is 0 Å². The van der Waals surface area contributed by atoms with Gasteiger partial charge in [-0.05, 0) is 76.9 Å². The number of piperidine rings is 1. The van der Waals surface area contributed by atoms with Gasteiger partial charge < -0.3 is 30.9 Å².